The van der Waals surface area contributed by atoms with E-state index >= 15 is 0 Å². The average molecular weight is 312 g/mol. The second kappa shape index (κ2) is 6.09. The molecule has 1 fully saturated rings. The van der Waals surface area contributed by atoms with E-state index in [9.17, 15) is 19.7 Å². The Morgan fingerprint density at radius 3 is 2.76 bits per heavy atom. The minimum Gasteiger partial charge on any atom is -0.369 e. The first-order valence-electron chi connectivity index (χ1n) is 6.42. The fourth-order valence-corrected chi connectivity index (χ4v) is 2.57. The third-order valence-corrected chi connectivity index (χ3v) is 3.73. The van der Waals surface area contributed by atoms with E-state index in [1.165, 1.54) is 17.0 Å². The highest BCUT2D eigenvalue weighted by atomic mass is 35.5. The molecule has 1 aliphatic rings. The van der Waals surface area contributed by atoms with Gasteiger partial charge < -0.3 is 10.6 Å². The first-order valence-corrected chi connectivity index (χ1v) is 6.80. The van der Waals surface area contributed by atoms with Crippen molar-refractivity contribution in [2.45, 2.75) is 12.8 Å². The summed E-state index contributed by atoms with van der Waals surface area (Å²) in [4.78, 5) is 35.5. The van der Waals surface area contributed by atoms with E-state index in [-0.39, 0.29) is 22.8 Å². The maximum atomic E-state index is 12.4. The van der Waals surface area contributed by atoms with Crippen LogP contribution < -0.4 is 5.73 Å². The molecule has 0 aromatic heterocycles. The molecule has 1 aromatic carbocycles. The monoisotopic (exact) mass is 311 g/mol. The number of benzene rings is 1. The lowest BCUT2D eigenvalue weighted by Crippen LogP contribution is -2.44. The van der Waals surface area contributed by atoms with Gasteiger partial charge >= 0.3 is 0 Å². The molecule has 7 nitrogen and oxygen atoms in total. The van der Waals surface area contributed by atoms with Gasteiger partial charge in [-0.1, -0.05) is 11.6 Å². The standard InChI is InChI=1S/C13H14ClN3O4/c14-9-3-4-10(11(6-9)17(20)21)13(19)16-5-1-2-8(7-16)12(15)18/h3-4,6,8H,1-2,5,7H2,(H2,15,18). The summed E-state index contributed by atoms with van der Waals surface area (Å²) in [7, 11) is 0. The fraction of sp³-hybridized carbons (Fsp3) is 0.385. The van der Waals surface area contributed by atoms with Crippen molar-refractivity contribution in [3.05, 3.63) is 38.9 Å². The van der Waals surface area contributed by atoms with Crippen LogP contribution in [0.1, 0.15) is 23.2 Å². The molecule has 1 aromatic rings. The predicted molar refractivity (Wildman–Crippen MR) is 75.9 cm³/mol. The molecular formula is C13H14ClN3O4. The highest BCUT2D eigenvalue weighted by Gasteiger charge is 2.30. The third kappa shape index (κ3) is 3.30. The van der Waals surface area contributed by atoms with Gasteiger partial charge in [-0.2, -0.15) is 0 Å². The van der Waals surface area contributed by atoms with E-state index in [0.29, 0.717) is 19.4 Å². The first-order chi connectivity index (χ1) is 9.90. The molecule has 1 saturated heterocycles. The number of primary amides is 1. The van der Waals surface area contributed by atoms with Crippen molar-refractivity contribution in [3.8, 4) is 0 Å². The molecule has 2 N–H and O–H groups in total. The van der Waals surface area contributed by atoms with Gasteiger partial charge in [-0.05, 0) is 25.0 Å². The van der Waals surface area contributed by atoms with Crippen molar-refractivity contribution < 1.29 is 14.5 Å². The third-order valence-electron chi connectivity index (χ3n) is 3.50. The summed E-state index contributed by atoms with van der Waals surface area (Å²) in [5.41, 5.74) is 4.89. The number of piperidine rings is 1. The van der Waals surface area contributed by atoms with Gasteiger partial charge in [0.25, 0.3) is 11.6 Å². The lowest BCUT2D eigenvalue weighted by Gasteiger charge is -2.31. The summed E-state index contributed by atoms with van der Waals surface area (Å²) in [5.74, 6) is -1.35. The second-order valence-electron chi connectivity index (χ2n) is 4.91. The summed E-state index contributed by atoms with van der Waals surface area (Å²) in [6, 6.07) is 3.90. The highest BCUT2D eigenvalue weighted by Crippen LogP contribution is 2.26. The molecule has 2 amide bonds. The Labute approximate surface area is 125 Å². The summed E-state index contributed by atoms with van der Waals surface area (Å²) in [6.07, 6.45) is 1.27. The lowest BCUT2D eigenvalue weighted by atomic mass is 9.96. The topological polar surface area (TPSA) is 107 Å². The number of hydrogen-bond donors (Lipinski definition) is 1. The Bertz CT molecular complexity index is 605. The van der Waals surface area contributed by atoms with E-state index in [1.807, 2.05) is 0 Å². The molecule has 1 atom stereocenters. The van der Waals surface area contributed by atoms with E-state index < -0.39 is 22.7 Å². The number of hydrogen-bond acceptors (Lipinski definition) is 4. The molecule has 0 bridgehead atoms. The van der Waals surface area contributed by atoms with E-state index in [4.69, 9.17) is 17.3 Å². The smallest absolute Gasteiger partial charge is 0.283 e. The molecule has 0 spiro atoms. The maximum absolute atomic E-state index is 12.4. The zero-order valence-electron chi connectivity index (χ0n) is 11.1. The van der Waals surface area contributed by atoms with Gasteiger partial charge in [0.05, 0.1) is 10.8 Å². The molecule has 0 saturated carbocycles. The lowest BCUT2D eigenvalue weighted by molar-refractivity contribution is -0.385. The maximum Gasteiger partial charge on any atom is 0.283 e. The van der Waals surface area contributed by atoms with Crippen LogP contribution in [0.4, 0.5) is 5.69 Å². The van der Waals surface area contributed by atoms with Gasteiger partial charge in [-0.15, -0.1) is 0 Å². The van der Waals surface area contributed by atoms with Crippen LogP contribution in [0.2, 0.25) is 5.02 Å². The van der Waals surface area contributed by atoms with Gasteiger partial charge in [-0.3, -0.25) is 19.7 Å². The Hall–Kier alpha value is -2.15. The summed E-state index contributed by atoms with van der Waals surface area (Å²) < 4.78 is 0. The van der Waals surface area contributed by atoms with Crippen molar-refractivity contribution in [1.82, 2.24) is 4.90 Å². The Morgan fingerprint density at radius 1 is 1.43 bits per heavy atom. The number of amides is 2. The molecule has 0 aliphatic carbocycles. The van der Waals surface area contributed by atoms with Crippen LogP contribution in [0.3, 0.4) is 0 Å². The molecule has 0 radical (unpaired) electrons. The van der Waals surface area contributed by atoms with Crippen LogP contribution in [0.15, 0.2) is 18.2 Å². The molecule has 8 heteroatoms. The van der Waals surface area contributed by atoms with Crippen molar-refractivity contribution in [1.29, 1.82) is 0 Å². The normalized spacial score (nSPS) is 18.3. The first kappa shape index (κ1) is 15.2. The molecule has 1 unspecified atom stereocenters. The van der Waals surface area contributed by atoms with Crippen LogP contribution in [-0.4, -0.2) is 34.7 Å². The van der Waals surface area contributed by atoms with Crippen LogP contribution in [0.25, 0.3) is 0 Å². The zero-order valence-corrected chi connectivity index (χ0v) is 11.9. The van der Waals surface area contributed by atoms with E-state index in [0.717, 1.165) is 6.07 Å². The molecule has 2 rings (SSSR count). The Balaban J connectivity index is 2.28. The predicted octanol–water partition coefficient (Wildman–Crippen LogP) is 1.59. The van der Waals surface area contributed by atoms with Gasteiger partial charge in [0.15, 0.2) is 0 Å². The van der Waals surface area contributed by atoms with Crippen LogP contribution in [0.5, 0.6) is 0 Å². The minimum absolute atomic E-state index is 0.0329. The van der Waals surface area contributed by atoms with Crippen LogP contribution in [0, 0.1) is 16.0 Å². The molecule has 1 heterocycles. The highest BCUT2D eigenvalue weighted by molar-refractivity contribution is 6.31. The van der Waals surface area contributed by atoms with Crippen molar-refractivity contribution >= 4 is 29.1 Å². The molecular weight excluding hydrogens is 298 g/mol. The number of carbonyl (C=O) groups excluding carboxylic acids is 2. The second-order valence-corrected chi connectivity index (χ2v) is 5.35. The van der Waals surface area contributed by atoms with Gasteiger partial charge in [0.1, 0.15) is 5.56 Å². The number of nitrogens with zero attached hydrogens (tertiary/aromatic N) is 2. The zero-order chi connectivity index (χ0) is 15.6. The number of nitro benzene ring substituents is 1. The van der Waals surface area contributed by atoms with Gasteiger partial charge in [0, 0.05) is 24.2 Å². The van der Waals surface area contributed by atoms with Crippen molar-refractivity contribution in [2.75, 3.05) is 13.1 Å². The van der Waals surface area contributed by atoms with E-state index in [2.05, 4.69) is 0 Å². The van der Waals surface area contributed by atoms with Gasteiger partial charge in [-0.25, -0.2) is 0 Å². The van der Waals surface area contributed by atoms with Crippen molar-refractivity contribution in [3.63, 3.8) is 0 Å². The SMILES string of the molecule is NC(=O)C1CCCN(C(=O)c2ccc(Cl)cc2[N+](=O)[O-])C1. The average Bonchev–Trinajstić information content (AvgIpc) is 2.46. The summed E-state index contributed by atoms with van der Waals surface area (Å²) >= 11 is 5.73. The Kier molecular flexibility index (Phi) is 4.42. The van der Waals surface area contributed by atoms with Crippen molar-refractivity contribution in [2.24, 2.45) is 11.7 Å². The van der Waals surface area contributed by atoms with Gasteiger partial charge in [0.2, 0.25) is 5.91 Å². The number of rotatable bonds is 3. The summed E-state index contributed by atoms with van der Waals surface area (Å²) in [5, 5.41) is 11.2. The summed E-state index contributed by atoms with van der Waals surface area (Å²) in [6.45, 7) is 0.635. The van der Waals surface area contributed by atoms with E-state index in [1.54, 1.807) is 0 Å². The number of carbonyl (C=O) groups is 2. The largest absolute Gasteiger partial charge is 0.369 e. The fourth-order valence-electron chi connectivity index (χ4n) is 2.40. The molecule has 21 heavy (non-hydrogen) atoms. The quantitative estimate of drug-likeness (QED) is 0.675. The molecule has 1 aliphatic heterocycles. The van der Waals surface area contributed by atoms with Crippen LogP contribution >= 0.6 is 11.6 Å². The minimum atomic E-state index is -0.644. The number of likely N-dealkylation sites (tertiary alicyclic amines) is 1. The Morgan fingerprint density at radius 2 is 2.14 bits per heavy atom. The molecule has 112 valence electrons. The number of nitrogens with two attached hydrogens (primary N) is 1. The number of halogens is 1. The number of nitro groups is 1. The van der Waals surface area contributed by atoms with Crippen LogP contribution in [-0.2, 0) is 4.79 Å².